The number of rotatable bonds is 3. The number of hydrogen-bond acceptors (Lipinski definition) is 3. The molecule has 1 N–H and O–H groups in total. The first-order chi connectivity index (χ1) is 10.0. The molecule has 3 fully saturated rings. The molecule has 0 spiro atoms. The third-order valence-electron chi connectivity index (χ3n) is 5.58. The maximum atomic E-state index is 13.0. The maximum Gasteiger partial charge on any atom is 0.322 e. The highest BCUT2D eigenvalue weighted by Crippen LogP contribution is 2.43. The van der Waals surface area contributed by atoms with Gasteiger partial charge in [-0.05, 0) is 38.0 Å². The highest BCUT2D eigenvalue weighted by molar-refractivity contribution is 7.89. The molecule has 2 saturated carbocycles. The van der Waals surface area contributed by atoms with E-state index < -0.39 is 22.0 Å². The van der Waals surface area contributed by atoms with Crippen molar-refractivity contribution < 1.29 is 18.3 Å². The summed E-state index contributed by atoms with van der Waals surface area (Å²) >= 11 is 0. The first-order valence-corrected chi connectivity index (χ1v) is 9.77. The van der Waals surface area contributed by atoms with Gasteiger partial charge in [-0.25, -0.2) is 8.42 Å². The molecule has 0 aromatic carbocycles. The van der Waals surface area contributed by atoms with Crippen LogP contribution in [-0.4, -0.2) is 41.1 Å². The van der Waals surface area contributed by atoms with E-state index in [2.05, 4.69) is 0 Å². The number of aliphatic carboxylic acids is 1. The van der Waals surface area contributed by atoms with Crippen molar-refractivity contribution in [1.29, 1.82) is 0 Å². The average molecular weight is 315 g/mol. The van der Waals surface area contributed by atoms with Crippen LogP contribution in [0.1, 0.15) is 64.2 Å². The third kappa shape index (κ3) is 2.72. The van der Waals surface area contributed by atoms with Crippen LogP contribution >= 0.6 is 0 Å². The van der Waals surface area contributed by atoms with Crippen molar-refractivity contribution in [3.05, 3.63) is 0 Å². The fourth-order valence-corrected chi connectivity index (χ4v) is 6.99. The average Bonchev–Trinajstić information content (AvgIpc) is 2.88. The standard InChI is InChI=1S/C15H25NO4S/c17-15(18)14-10-11-6-4-5-9-13(11)16(14)21(19,20)12-7-2-1-3-8-12/h11-14H,1-10H2,(H,17,18). The third-order valence-corrected chi connectivity index (χ3v) is 8.01. The summed E-state index contributed by atoms with van der Waals surface area (Å²) in [5.74, 6) is -0.720. The highest BCUT2D eigenvalue weighted by atomic mass is 32.2. The second-order valence-corrected chi connectivity index (χ2v) is 8.95. The Morgan fingerprint density at radius 1 is 0.952 bits per heavy atom. The van der Waals surface area contributed by atoms with Gasteiger partial charge >= 0.3 is 5.97 Å². The maximum absolute atomic E-state index is 13.0. The quantitative estimate of drug-likeness (QED) is 0.867. The fourth-order valence-electron chi connectivity index (χ4n) is 4.53. The molecular weight excluding hydrogens is 290 g/mol. The van der Waals surface area contributed by atoms with Gasteiger partial charge in [-0.15, -0.1) is 0 Å². The van der Waals surface area contributed by atoms with Gasteiger partial charge in [-0.3, -0.25) is 4.79 Å². The number of carboxylic acids is 1. The molecule has 1 heterocycles. The number of sulfonamides is 1. The van der Waals surface area contributed by atoms with Crippen LogP contribution in [0.2, 0.25) is 0 Å². The summed E-state index contributed by atoms with van der Waals surface area (Å²) in [5, 5.41) is 9.13. The second kappa shape index (κ2) is 5.88. The summed E-state index contributed by atoms with van der Waals surface area (Å²) < 4.78 is 27.5. The molecular formula is C15H25NO4S. The van der Waals surface area contributed by atoms with Crippen LogP contribution in [-0.2, 0) is 14.8 Å². The van der Waals surface area contributed by atoms with Crippen molar-refractivity contribution >= 4 is 16.0 Å². The molecule has 0 bridgehead atoms. The Balaban J connectivity index is 1.90. The summed E-state index contributed by atoms with van der Waals surface area (Å²) in [6.45, 7) is 0. The molecule has 3 atom stereocenters. The normalized spacial score (nSPS) is 35.5. The zero-order valence-electron chi connectivity index (χ0n) is 12.4. The van der Waals surface area contributed by atoms with Gasteiger partial charge in [0.05, 0.1) is 5.25 Å². The van der Waals surface area contributed by atoms with Gasteiger partial charge in [0.25, 0.3) is 0 Å². The van der Waals surface area contributed by atoms with Crippen molar-refractivity contribution in [3.8, 4) is 0 Å². The molecule has 0 radical (unpaired) electrons. The van der Waals surface area contributed by atoms with E-state index in [0.717, 1.165) is 44.9 Å². The number of fused-ring (bicyclic) bond motifs is 1. The van der Waals surface area contributed by atoms with Crippen LogP contribution in [0.25, 0.3) is 0 Å². The van der Waals surface area contributed by atoms with Gasteiger partial charge < -0.3 is 5.11 Å². The SMILES string of the molecule is O=C(O)C1CC2CCCCC2N1S(=O)(=O)C1CCCCC1. The largest absolute Gasteiger partial charge is 0.480 e. The van der Waals surface area contributed by atoms with E-state index in [1.54, 1.807) is 0 Å². The first kappa shape index (κ1) is 15.3. The molecule has 3 aliphatic rings. The van der Waals surface area contributed by atoms with Crippen LogP contribution < -0.4 is 0 Å². The minimum atomic E-state index is -3.47. The Morgan fingerprint density at radius 2 is 1.57 bits per heavy atom. The molecule has 21 heavy (non-hydrogen) atoms. The minimum Gasteiger partial charge on any atom is -0.480 e. The van der Waals surface area contributed by atoms with Gasteiger partial charge in [0.2, 0.25) is 10.0 Å². The zero-order chi connectivity index (χ0) is 15.0. The van der Waals surface area contributed by atoms with Crippen LogP contribution in [0.4, 0.5) is 0 Å². The topological polar surface area (TPSA) is 74.7 Å². The van der Waals surface area contributed by atoms with Gasteiger partial charge in [0.1, 0.15) is 6.04 Å². The molecule has 5 nitrogen and oxygen atoms in total. The summed E-state index contributed by atoms with van der Waals surface area (Å²) in [4.78, 5) is 11.6. The lowest BCUT2D eigenvalue weighted by molar-refractivity contribution is -0.141. The Morgan fingerprint density at radius 3 is 2.24 bits per heavy atom. The van der Waals surface area contributed by atoms with Gasteiger partial charge in [-0.1, -0.05) is 32.1 Å². The molecule has 3 rings (SSSR count). The van der Waals surface area contributed by atoms with Crippen LogP contribution in [0.5, 0.6) is 0 Å². The second-order valence-electron chi connectivity index (χ2n) is 6.84. The molecule has 0 aromatic heterocycles. The van der Waals surface area contributed by atoms with Crippen LogP contribution in [0.3, 0.4) is 0 Å². The summed E-state index contributed by atoms with van der Waals surface area (Å²) in [6, 6.07) is -0.892. The van der Waals surface area contributed by atoms with Gasteiger partial charge in [-0.2, -0.15) is 4.31 Å². The van der Waals surface area contributed by atoms with E-state index in [0.29, 0.717) is 19.3 Å². The smallest absolute Gasteiger partial charge is 0.322 e. The summed E-state index contributed by atoms with van der Waals surface area (Å²) in [5.41, 5.74) is 0. The van der Waals surface area contributed by atoms with Crippen LogP contribution in [0.15, 0.2) is 0 Å². The van der Waals surface area contributed by atoms with Crippen molar-refractivity contribution in [2.45, 2.75) is 81.5 Å². The Kier molecular flexibility index (Phi) is 4.28. The number of nitrogens with zero attached hydrogens (tertiary/aromatic N) is 1. The number of carboxylic acid groups (broad SMARTS) is 1. The molecule has 2 aliphatic carbocycles. The van der Waals surface area contributed by atoms with Crippen molar-refractivity contribution in [1.82, 2.24) is 4.31 Å². The van der Waals surface area contributed by atoms with Crippen LogP contribution in [0, 0.1) is 5.92 Å². The predicted octanol–water partition coefficient (Wildman–Crippen LogP) is 2.37. The van der Waals surface area contributed by atoms with E-state index in [-0.39, 0.29) is 17.2 Å². The molecule has 1 saturated heterocycles. The van der Waals surface area contributed by atoms with Crippen molar-refractivity contribution in [2.75, 3.05) is 0 Å². The van der Waals surface area contributed by atoms with E-state index in [4.69, 9.17) is 0 Å². The lowest BCUT2D eigenvalue weighted by atomic mass is 9.85. The van der Waals surface area contributed by atoms with Crippen molar-refractivity contribution in [2.24, 2.45) is 5.92 Å². The molecule has 3 unspecified atom stereocenters. The van der Waals surface area contributed by atoms with E-state index in [1.165, 1.54) is 4.31 Å². The summed E-state index contributed by atoms with van der Waals surface area (Å²) in [6.07, 6.45) is 8.82. The minimum absolute atomic E-state index is 0.0632. The van der Waals surface area contributed by atoms with Crippen molar-refractivity contribution in [3.63, 3.8) is 0 Å². The predicted molar refractivity (Wildman–Crippen MR) is 79.4 cm³/mol. The Hall–Kier alpha value is -0.620. The lowest BCUT2D eigenvalue weighted by Crippen LogP contribution is -2.50. The Bertz CT molecular complexity index is 498. The molecule has 0 amide bonds. The van der Waals surface area contributed by atoms with Gasteiger partial charge in [0, 0.05) is 6.04 Å². The van der Waals surface area contributed by atoms with E-state index in [1.807, 2.05) is 0 Å². The van der Waals surface area contributed by atoms with E-state index in [9.17, 15) is 18.3 Å². The molecule has 6 heteroatoms. The Labute approximate surface area is 126 Å². The molecule has 0 aromatic rings. The van der Waals surface area contributed by atoms with Gasteiger partial charge in [0.15, 0.2) is 0 Å². The number of hydrogen-bond donors (Lipinski definition) is 1. The molecule has 1 aliphatic heterocycles. The fraction of sp³-hybridized carbons (Fsp3) is 0.933. The first-order valence-electron chi connectivity index (χ1n) is 8.27. The monoisotopic (exact) mass is 315 g/mol. The molecule has 120 valence electrons. The summed E-state index contributed by atoms with van der Waals surface area (Å²) in [7, 11) is -3.47. The highest BCUT2D eigenvalue weighted by Gasteiger charge is 2.52. The lowest BCUT2D eigenvalue weighted by Gasteiger charge is -2.35. The van der Waals surface area contributed by atoms with E-state index >= 15 is 0 Å². The zero-order valence-corrected chi connectivity index (χ0v) is 13.2. The number of carbonyl (C=O) groups is 1.